The highest BCUT2D eigenvalue weighted by Gasteiger charge is 2.32. The molecule has 1 aliphatic heterocycles. The highest BCUT2D eigenvalue weighted by atomic mass is 79.9. The molecule has 1 atom stereocenters. The van der Waals surface area contributed by atoms with Gasteiger partial charge in [0, 0.05) is 28.5 Å². The first-order chi connectivity index (χ1) is 8.16. The lowest BCUT2D eigenvalue weighted by atomic mass is 10.0. The Bertz CT molecular complexity index is 462. The molecule has 1 heterocycles. The van der Waals surface area contributed by atoms with Crippen LogP contribution in [0.3, 0.4) is 0 Å². The molecule has 1 N–H and O–H groups in total. The highest BCUT2D eigenvalue weighted by molar-refractivity contribution is 9.10. The second-order valence-electron chi connectivity index (χ2n) is 4.53. The Balaban J connectivity index is 2.03. The summed E-state index contributed by atoms with van der Waals surface area (Å²) in [4.78, 5) is 0. The average Bonchev–Trinajstić information content (AvgIpc) is 3.10. The number of fused-ring (bicyclic) bond motifs is 1. The van der Waals surface area contributed by atoms with Gasteiger partial charge in [-0.05, 0) is 34.8 Å². The lowest BCUT2D eigenvalue weighted by Crippen LogP contribution is -2.29. The molecule has 92 valence electrons. The number of ether oxygens (including phenoxy) is 1. The molecule has 0 radical (unpaired) electrons. The van der Waals surface area contributed by atoms with Gasteiger partial charge in [-0.3, -0.25) is 0 Å². The predicted molar refractivity (Wildman–Crippen MR) is 73.2 cm³/mol. The maximum absolute atomic E-state index is 6.36. The van der Waals surface area contributed by atoms with Crippen molar-refractivity contribution in [3.63, 3.8) is 0 Å². The fourth-order valence-corrected chi connectivity index (χ4v) is 3.29. The lowest BCUT2D eigenvalue weighted by Gasteiger charge is -2.29. The van der Waals surface area contributed by atoms with Crippen molar-refractivity contribution in [2.75, 3.05) is 6.61 Å². The number of rotatable bonds is 2. The van der Waals surface area contributed by atoms with Crippen molar-refractivity contribution >= 4 is 39.1 Å². The van der Waals surface area contributed by atoms with Crippen molar-refractivity contribution in [1.82, 2.24) is 5.32 Å². The van der Waals surface area contributed by atoms with Crippen LogP contribution < -0.4 is 10.1 Å². The number of benzene rings is 1. The quantitative estimate of drug-likeness (QED) is 0.811. The molecule has 1 aliphatic carbocycles. The van der Waals surface area contributed by atoms with Crippen molar-refractivity contribution in [2.45, 2.75) is 31.3 Å². The van der Waals surface area contributed by atoms with E-state index in [1.807, 2.05) is 0 Å². The minimum absolute atomic E-state index is 0.258. The SMILES string of the molecule is Clc1cc(Br)c(Cl)c2c1OCCC2NC1CC1. The molecular formula is C12H12BrCl2NO. The molecule has 0 amide bonds. The smallest absolute Gasteiger partial charge is 0.144 e. The summed E-state index contributed by atoms with van der Waals surface area (Å²) >= 11 is 16.0. The third kappa shape index (κ3) is 2.30. The number of hydrogen-bond donors (Lipinski definition) is 1. The Morgan fingerprint density at radius 2 is 2.06 bits per heavy atom. The van der Waals surface area contributed by atoms with E-state index in [-0.39, 0.29) is 6.04 Å². The van der Waals surface area contributed by atoms with Gasteiger partial charge in [-0.25, -0.2) is 0 Å². The van der Waals surface area contributed by atoms with E-state index >= 15 is 0 Å². The molecule has 0 saturated heterocycles. The van der Waals surface area contributed by atoms with Crippen LogP contribution in [0.1, 0.15) is 30.9 Å². The van der Waals surface area contributed by atoms with E-state index in [4.69, 9.17) is 27.9 Å². The van der Waals surface area contributed by atoms with Crippen LogP contribution in [0.2, 0.25) is 10.0 Å². The molecule has 5 heteroatoms. The van der Waals surface area contributed by atoms with E-state index in [9.17, 15) is 0 Å². The molecule has 0 bridgehead atoms. The Morgan fingerprint density at radius 1 is 1.29 bits per heavy atom. The van der Waals surface area contributed by atoms with Gasteiger partial charge in [0.15, 0.2) is 0 Å². The minimum Gasteiger partial charge on any atom is -0.492 e. The summed E-state index contributed by atoms with van der Waals surface area (Å²) < 4.78 is 6.47. The molecule has 1 aromatic rings. The second-order valence-corrected chi connectivity index (χ2v) is 6.17. The average molecular weight is 337 g/mol. The molecule has 1 saturated carbocycles. The van der Waals surface area contributed by atoms with Gasteiger partial charge >= 0.3 is 0 Å². The third-order valence-electron chi connectivity index (χ3n) is 3.18. The van der Waals surface area contributed by atoms with Crippen molar-refractivity contribution in [1.29, 1.82) is 0 Å². The fraction of sp³-hybridized carbons (Fsp3) is 0.500. The van der Waals surface area contributed by atoms with Crippen LogP contribution in [0.5, 0.6) is 5.75 Å². The summed E-state index contributed by atoms with van der Waals surface area (Å²) in [6, 6.07) is 2.69. The predicted octanol–water partition coefficient (Wildman–Crippen LogP) is 4.33. The summed E-state index contributed by atoms with van der Waals surface area (Å²) in [6.45, 7) is 0.690. The minimum atomic E-state index is 0.258. The highest BCUT2D eigenvalue weighted by Crippen LogP contribution is 2.46. The second kappa shape index (κ2) is 4.61. The van der Waals surface area contributed by atoms with E-state index in [0.29, 0.717) is 22.7 Å². The fourth-order valence-electron chi connectivity index (χ4n) is 2.18. The molecule has 0 spiro atoms. The van der Waals surface area contributed by atoms with Crippen LogP contribution in [-0.4, -0.2) is 12.6 Å². The van der Waals surface area contributed by atoms with Crippen molar-refractivity contribution in [3.8, 4) is 5.75 Å². The largest absolute Gasteiger partial charge is 0.492 e. The molecule has 2 nitrogen and oxygen atoms in total. The summed E-state index contributed by atoms with van der Waals surface area (Å²) in [5.74, 6) is 0.740. The summed E-state index contributed by atoms with van der Waals surface area (Å²) in [5, 5.41) is 4.93. The Kier molecular flexibility index (Phi) is 3.28. The Morgan fingerprint density at radius 3 is 2.76 bits per heavy atom. The first kappa shape index (κ1) is 12.1. The third-order valence-corrected chi connectivity index (χ3v) is 4.72. The number of hydrogen-bond acceptors (Lipinski definition) is 2. The molecule has 1 aromatic carbocycles. The van der Waals surface area contributed by atoms with Gasteiger partial charge < -0.3 is 10.1 Å². The first-order valence-electron chi connectivity index (χ1n) is 5.73. The van der Waals surface area contributed by atoms with Crippen LogP contribution in [-0.2, 0) is 0 Å². The molecule has 3 rings (SSSR count). The Hall–Kier alpha value is 0.0400. The summed E-state index contributed by atoms with van der Waals surface area (Å²) in [6.07, 6.45) is 3.45. The van der Waals surface area contributed by atoms with Gasteiger partial charge in [0.05, 0.1) is 16.7 Å². The number of nitrogens with one attached hydrogen (secondary N) is 1. The Labute approximate surface area is 119 Å². The van der Waals surface area contributed by atoms with Gasteiger partial charge in [0.1, 0.15) is 5.75 Å². The summed E-state index contributed by atoms with van der Waals surface area (Å²) in [7, 11) is 0. The summed E-state index contributed by atoms with van der Waals surface area (Å²) in [5.41, 5.74) is 1.00. The van der Waals surface area contributed by atoms with Crippen LogP contribution in [0.25, 0.3) is 0 Å². The van der Waals surface area contributed by atoms with E-state index in [1.54, 1.807) is 6.07 Å². The molecule has 0 aromatic heterocycles. The van der Waals surface area contributed by atoms with Gasteiger partial charge in [0.25, 0.3) is 0 Å². The van der Waals surface area contributed by atoms with Gasteiger partial charge in [0.2, 0.25) is 0 Å². The zero-order chi connectivity index (χ0) is 12.0. The molecule has 17 heavy (non-hydrogen) atoms. The van der Waals surface area contributed by atoms with Crippen LogP contribution in [0, 0.1) is 0 Å². The maximum Gasteiger partial charge on any atom is 0.144 e. The zero-order valence-electron chi connectivity index (χ0n) is 9.10. The van der Waals surface area contributed by atoms with Crippen molar-refractivity contribution in [3.05, 3.63) is 26.1 Å². The van der Waals surface area contributed by atoms with Crippen LogP contribution in [0.15, 0.2) is 10.5 Å². The van der Waals surface area contributed by atoms with Crippen molar-refractivity contribution in [2.24, 2.45) is 0 Å². The normalized spacial score (nSPS) is 23.1. The van der Waals surface area contributed by atoms with Gasteiger partial charge in [-0.2, -0.15) is 0 Å². The number of halogens is 3. The van der Waals surface area contributed by atoms with E-state index in [1.165, 1.54) is 12.8 Å². The van der Waals surface area contributed by atoms with E-state index < -0.39 is 0 Å². The van der Waals surface area contributed by atoms with Crippen LogP contribution >= 0.6 is 39.1 Å². The first-order valence-corrected chi connectivity index (χ1v) is 7.28. The monoisotopic (exact) mass is 335 g/mol. The topological polar surface area (TPSA) is 21.3 Å². The lowest BCUT2D eigenvalue weighted by molar-refractivity contribution is 0.252. The van der Waals surface area contributed by atoms with Gasteiger partial charge in [-0.15, -0.1) is 0 Å². The van der Waals surface area contributed by atoms with E-state index in [2.05, 4.69) is 21.2 Å². The maximum atomic E-state index is 6.36. The van der Waals surface area contributed by atoms with E-state index in [0.717, 1.165) is 22.2 Å². The molecule has 1 unspecified atom stereocenters. The van der Waals surface area contributed by atoms with Crippen molar-refractivity contribution < 1.29 is 4.74 Å². The molecule has 2 aliphatic rings. The van der Waals surface area contributed by atoms with Crippen LogP contribution in [0.4, 0.5) is 0 Å². The molecule has 1 fully saturated rings. The molecular weight excluding hydrogens is 325 g/mol. The zero-order valence-corrected chi connectivity index (χ0v) is 12.2. The van der Waals surface area contributed by atoms with Gasteiger partial charge in [-0.1, -0.05) is 23.2 Å². The standard InChI is InChI=1S/C12H12BrCl2NO/c13-7-5-8(14)12-10(11(7)15)9(3-4-17-12)16-6-1-2-6/h5-6,9,16H,1-4H2.